The largest absolute Gasteiger partial charge is 0.341 e. The number of hydrogen-bond donors (Lipinski definition) is 2. The summed E-state index contributed by atoms with van der Waals surface area (Å²) >= 11 is 0. The summed E-state index contributed by atoms with van der Waals surface area (Å²) in [4.78, 5) is 27.1. The van der Waals surface area contributed by atoms with Gasteiger partial charge >= 0.3 is 6.03 Å². The van der Waals surface area contributed by atoms with E-state index < -0.39 is 0 Å². The Bertz CT molecular complexity index is 643. The highest BCUT2D eigenvalue weighted by molar-refractivity contribution is 5.74. The number of carbonyl (C=O) groups is 1. The van der Waals surface area contributed by atoms with Gasteiger partial charge in [-0.15, -0.1) is 0 Å². The molecule has 7 nitrogen and oxygen atoms in total. The van der Waals surface area contributed by atoms with Gasteiger partial charge in [-0.3, -0.25) is 4.98 Å². The minimum Gasteiger partial charge on any atom is -0.341 e. The summed E-state index contributed by atoms with van der Waals surface area (Å²) in [5, 5.41) is 5.98. The van der Waals surface area contributed by atoms with Crippen molar-refractivity contribution in [3.8, 4) is 0 Å². The van der Waals surface area contributed by atoms with Gasteiger partial charge in [0.25, 0.3) is 0 Å². The van der Waals surface area contributed by atoms with Gasteiger partial charge in [-0.2, -0.15) is 0 Å². The molecule has 0 radical (unpaired) electrons. The highest BCUT2D eigenvalue weighted by Crippen LogP contribution is 2.15. The summed E-state index contributed by atoms with van der Waals surface area (Å²) in [5.74, 6) is 0.754. The molecule has 2 aromatic heterocycles. The Morgan fingerprint density at radius 2 is 1.83 bits per heavy atom. The summed E-state index contributed by atoms with van der Waals surface area (Å²) in [6.45, 7) is 3.60. The lowest BCUT2D eigenvalue weighted by Crippen LogP contribution is -2.48. The maximum Gasteiger partial charge on any atom is 0.315 e. The molecular weight excluding hydrogens is 304 g/mol. The van der Waals surface area contributed by atoms with Crippen LogP contribution in [0.1, 0.15) is 31.5 Å². The summed E-state index contributed by atoms with van der Waals surface area (Å²) in [6, 6.07) is 7.39. The Labute approximate surface area is 141 Å². The number of anilines is 1. The van der Waals surface area contributed by atoms with E-state index in [4.69, 9.17) is 0 Å². The average molecular weight is 326 g/mol. The fourth-order valence-corrected chi connectivity index (χ4v) is 2.81. The van der Waals surface area contributed by atoms with E-state index >= 15 is 0 Å². The number of nitrogens with one attached hydrogen (secondary N) is 2. The van der Waals surface area contributed by atoms with Gasteiger partial charge in [0.15, 0.2) is 0 Å². The van der Waals surface area contributed by atoms with Crippen LogP contribution in [-0.4, -0.2) is 40.1 Å². The maximum atomic E-state index is 12.2. The first kappa shape index (κ1) is 16.2. The fraction of sp³-hybridized carbons (Fsp3) is 0.412. The Morgan fingerprint density at radius 3 is 2.50 bits per heavy atom. The molecule has 2 N–H and O–H groups in total. The van der Waals surface area contributed by atoms with Crippen LogP contribution in [0, 0.1) is 0 Å². The van der Waals surface area contributed by atoms with Crippen molar-refractivity contribution in [2.45, 2.75) is 31.8 Å². The number of piperidine rings is 1. The Morgan fingerprint density at radius 1 is 1.12 bits per heavy atom. The van der Waals surface area contributed by atoms with Crippen LogP contribution in [0.5, 0.6) is 0 Å². The SMILES string of the molecule is CC(NC(=O)NC1CCN(c2ncccn2)CC1)c1ccccn1. The van der Waals surface area contributed by atoms with Crippen molar-refractivity contribution < 1.29 is 4.79 Å². The second-order valence-electron chi connectivity index (χ2n) is 5.90. The molecule has 1 saturated heterocycles. The molecule has 0 bridgehead atoms. The zero-order valence-electron chi connectivity index (χ0n) is 13.7. The number of hydrogen-bond acceptors (Lipinski definition) is 5. The molecule has 2 aromatic rings. The fourth-order valence-electron chi connectivity index (χ4n) is 2.81. The monoisotopic (exact) mass is 326 g/mol. The molecule has 1 atom stereocenters. The molecule has 0 spiro atoms. The van der Waals surface area contributed by atoms with Gasteiger partial charge < -0.3 is 15.5 Å². The highest BCUT2D eigenvalue weighted by atomic mass is 16.2. The van der Waals surface area contributed by atoms with Crippen LogP contribution in [0.4, 0.5) is 10.7 Å². The van der Waals surface area contributed by atoms with Gasteiger partial charge in [-0.1, -0.05) is 6.07 Å². The van der Waals surface area contributed by atoms with Gasteiger partial charge in [-0.05, 0) is 38.0 Å². The van der Waals surface area contributed by atoms with Crippen molar-refractivity contribution in [2.24, 2.45) is 0 Å². The maximum absolute atomic E-state index is 12.2. The minimum absolute atomic E-state index is 0.121. The van der Waals surface area contributed by atoms with Crippen LogP contribution >= 0.6 is 0 Å². The molecule has 7 heteroatoms. The molecule has 3 rings (SSSR count). The van der Waals surface area contributed by atoms with Crippen LogP contribution in [0.3, 0.4) is 0 Å². The quantitative estimate of drug-likeness (QED) is 0.896. The molecule has 0 aromatic carbocycles. The van der Waals surface area contributed by atoms with Gasteiger partial charge in [0.05, 0.1) is 11.7 Å². The first-order valence-corrected chi connectivity index (χ1v) is 8.22. The minimum atomic E-state index is -0.150. The zero-order valence-corrected chi connectivity index (χ0v) is 13.7. The van der Waals surface area contributed by atoms with Crippen LogP contribution < -0.4 is 15.5 Å². The molecule has 1 aliphatic heterocycles. The van der Waals surface area contributed by atoms with Crippen LogP contribution in [0.2, 0.25) is 0 Å². The summed E-state index contributed by atoms with van der Waals surface area (Å²) in [7, 11) is 0. The predicted molar refractivity (Wildman–Crippen MR) is 91.6 cm³/mol. The second kappa shape index (κ2) is 7.72. The van der Waals surface area contributed by atoms with Crippen LogP contribution in [0.15, 0.2) is 42.9 Å². The van der Waals surface area contributed by atoms with Gasteiger partial charge in [0.2, 0.25) is 5.95 Å². The molecule has 1 unspecified atom stereocenters. The van der Waals surface area contributed by atoms with E-state index in [1.54, 1.807) is 18.6 Å². The van der Waals surface area contributed by atoms with Crippen molar-refractivity contribution in [2.75, 3.05) is 18.0 Å². The van der Waals surface area contributed by atoms with E-state index in [1.165, 1.54) is 0 Å². The lowest BCUT2D eigenvalue weighted by molar-refractivity contribution is 0.231. The molecule has 1 aliphatic rings. The molecule has 24 heavy (non-hydrogen) atoms. The van der Waals surface area contributed by atoms with Gasteiger partial charge in [0.1, 0.15) is 0 Å². The van der Waals surface area contributed by atoms with E-state index in [1.807, 2.05) is 31.2 Å². The molecule has 0 saturated carbocycles. The van der Waals surface area contributed by atoms with E-state index in [0.717, 1.165) is 37.6 Å². The third-order valence-corrected chi connectivity index (χ3v) is 4.14. The second-order valence-corrected chi connectivity index (χ2v) is 5.90. The van der Waals surface area contributed by atoms with Crippen molar-refractivity contribution in [1.29, 1.82) is 0 Å². The average Bonchev–Trinajstić information content (AvgIpc) is 2.64. The predicted octanol–water partition coefficient (Wildman–Crippen LogP) is 1.90. The summed E-state index contributed by atoms with van der Waals surface area (Å²) in [6.07, 6.45) is 6.98. The van der Waals surface area contributed by atoms with Crippen LogP contribution in [0.25, 0.3) is 0 Å². The Hall–Kier alpha value is -2.70. The third-order valence-electron chi connectivity index (χ3n) is 4.14. The Kier molecular flexibility index (Phi) is 5.20. The van der Waals surface area contributed by atoms with Crippen molar-refractivity contribution >= 4 is 12.0 Å². The normalized spacial score (nSPS) is 16.5. The first-order valence-electron chi connectivity index (χ1n) is 8.22. The summed E-state index contributed by atoms with van der Waals surface area (Å²) < 4.78 is 0. The molecule has 126 valence electrons. The smallest absolute Gasteiger partial charge is 0.315 e. The van der Waals surface area contributed by atoms with Gasteiger partial charge in [0, 0.05) is 37.7 Å². The van der Waals surface area contributed by atoms with E-state index in [-0.39, 0.29) is 18.1 Å². The highest BCUT2D eigenvalue weighted by Gasteiger charge is 2.22. The Balaban J connectivity index is 1.45. The standard InChI is InChI=1S/C17H22N6O/c1-13(15-5-2-3-8-18-15)21-17(24)22-14-6-11-23(12-7-14)16-19-9-4-10-20-16/h2-5,8-10,13-14H,6-7,11-12H2,1H3,(H2,21,22,24). The van der Waals surface area contributed by atoms with Crippen molar-refractivity contribution in [3.63, 3.8) is 0 Å². The molecule has 1 fully saturated rings. The molecule has 3 heterocycles. The number of carbonyl (C=O) groups excluding carboxylic acids is 1. The van der Waals surface area contributed by atoms with E-state index in [9.17, 15) is 4.79 Å². The number of nitrogens with zero attached hydrogens (tertiary/aromatic N) is 4. The van der Waals surface area contributed by atoms with E-state index in [2.05, 4.69) is 30.5 Å². The van der Waals surface area contributed by atoms with Crippen molar-refractivity contribution in [3.05, 3.63) is 48.5 Å². The molecule has 2 amide bonds. The number of rotatable bonds is 4. The third kappa shape index (κ3) is 4.18. The number of amides is 2. The van der Waals surface area contributed by atoms with Gasteiger partial charge in [-0.25, -0.2) is 14.8 Å². The topological polar surface area (TPSA) is 83.0 Å². The molecular formula is C17H22N6O. The summed E-state index contributed by atoms with van der Waals surface area (Å²) in [5.41, 5.74) is 0.851. The van der Waals surface area contributed by atoms with Crippen LogP contribution in [-0.2, 0) is 0 Å². The van der Waals surface area contributed by atoms with E-state index in [0.29, 0.717) is 0 Å². The number of aromatic nitrogens is 3. The number of urea groups is 1. The number of pyridine rings is 1. The first-order chi connectivity index (χ1) is 11.7. The zero-order chi connectivity index (χ0) is 16.8. The lowest BCUT2D eigenvalue weighted by atomic mass is 10.1. The molecule has 0 aliphatic carbocycles. The van der Waals surface area contributed by atoms with Crippen molar-refractivity contribution in [1.82, 2.24) is 25.6 Å². The lowest BCUT2D eigenvalue weighted by Gasteiger charge is -2.32.